The molecule has 16 heavy (non-hydrogen) atoms. The second-order valence-electron chi connectivity index (χ2n) is 3.35. The Bertz CT molecular complexity index is 330. The maximum absolute atomic E-state index is 12.4. The third-order valence-electron chi connectivity index (χ3n) is 1.86. The van der Waals surface area contributed by atoms with Gasteiger partial charge in [0.2, 0.25) is 0 Å². The van der Waals surface area contributed by atoms with Crippen LogP contribution in [0.5, 0.6) is 0 Å². The number of hydrogen-bond donors (Lipinski definition) is 0. The second kappa shape index (κ2) is 6.79. The molecule has 0 radical (unpaired) electrons. The van der Waals surface area contributed by atoms with Crippen molar-refractivity contribution in [2.24, 2.45) is 0 Å². The highest BCUT2D eigenvalue weighted by Crippen LogP contribution is 2.46. The molecule has 1 heterocycles. The molecule has 1 rings (SSSR count). The van der Waals surface area contributed by atoms with Crippen LogP contribution in [0.2, 0.25) is 0 Å². The lowest BCUT2D eigenvalue weighted by Gasteiger charge is -2.16. The van der Waals surface area contributed by atoms with Gasteiger partial charge in [-0.3, -0.25) is 4.57 Å². The van der Waals surface area contributed by atoms with Crippen LogP contribution in [0.1, 0.15) is 26.7 Å². The average molecular weight is 243 g/mol. The van der Waals surface area contributed by atoms with Crippen molar-refractivity contribution in [3.8, 4) is 0 Å². The van der Waals surface area contributed by atoms with Gasteiger partial charge < -0.3 is 9.05 Å². The Morgan fingerprint density at radius 2 is 1.81 bits per heavy atom. The topological polar surface area (TPSA) is 48.4 Å². The molecule has 1 aromatic rings. The van der Waals surface area contributed by atoms with E-state index in [1.54, 1.807) is 24.4 Å². The van der Waals surface area contributed by atoms with Crippen molar-refractivity contribution in [2.75, 3.05) is 13.2 Å². The van der Waals surface area contributed by atoms with E-state index in [1.165, 1.54) is 0 Å². The van der Waals surface area contributed by atoms with Gasteiger partial charge in [0.05, 0.1) is 13.2 Å². The minimum Gasteiger partial charge on any atom is -0.304 e. The van der Waals surface area contributed by atoms with Crippen molar-refractivity contribution < 1.29 is 13.6 Å². The summed E-state index contributed by atoms with van der Waals surface area (Å²) in [6.07, 6.45) is 3.19. The number of hydrogen-bond acceptors (Lipinski definition) is 4. The quantitative estimate of drug-likeness (QED) is 0.691. The molecular weight excluding hydrogens is 225 g/mol. The largest absolute Gasteiger partial charge is 0.379 e. The minimum atomic E-state index is -3.22. The first kappa shape index (κ1) is 13.4. The predicted octanol–water partition coefficient (Wildman–Crippen LogP) is 2.75. The standard InChI is InChI=1S/C11H18NO3P/c1-3-9-14-16(13,15-10-4-2)11-7-5-6-8-12-11/h5-8H,3-4,9-10H2,1-2H3. The Balaban J connectivity index is 2.82. The lowest BCUT2D eigenvalue weighted by Crippen LogP contribution is -2.14. The monoisotopic (exact) mass is 243 g/mol. The van der Waals surface area contributed by atoms with Gasteiger partial charge in [-0.15, -0.1) is 0 Å². The molecule has 0 aromatic carbocycles. The fourth-order valence-corrected chi connectivity index (χ4v) is 2.77. The summed E-state index contributed by atoms with van der Waals surface area (Å²) < 4.78 is 23.1. The SMILES string of the molecule is CCCOP(=O)(OCCC)c1ccccn1. The zero-order valence-electron chi connectivity index (χ0n) is 9.76. The molecule has 0 bridgehead atoms. The molecule has 0 aliphatic carbocycles. The highest BCUT2D eigenvalue weighted by atomic mass is 31.2. The second-order valence-corrected chi connectivity index (χ2v) is 5.32. The predicted molar refractivity (Wildman–Crippen MR) is 64.0 cm³/mol. The van der Waals surface area contributed by atoms with Gasteiger partial charge in [-0.25, -0.2) is 4.98 Å². The van der Waals surface area contributed by atoms with Crippen LogP contribution in [0.3, 0.4) is 0 Å². The summed E-state index contributed by atoms with van der Waals surface area (Å²) in [5.74, 6) is 0. The van der Waals surface area contributed by atoms with Crippen molar-refractivity contribution in [1.29, 1.82) is 0 Å². The van der Waals surface area contributed by atoms with Gasteiger partial charge in [-0.2, -0.15) is 0 Å². The molecule has 1 aromatic heterocycles. The summed E-state index contributed by atoms with van der Waals surface area (Å²) in [4.78, 5) is 4.04. The molecular formula is C11H18NO3P. The van der Waals surface area contributed by atoms with E-state index in [4.69, 9.17) is 9.05 Å². The number of nitrogens with zero attached hydrogens (tertiary/aromatic N) is 1. The molecule has 0 aliphatic rings. The third-order valence-corrected chi connectivity index (χ3v) is 3.73. The van der Waals surface area contributed by atoms with Gasteiger partial charge >= 0.3 is 7.60 Å². The van der Waals surface area contributed by atoms with E-state index in [-0.39, 0.29) is 0 Å². The molecule has 0 fully saturated rings. The van der Waals surface area contributed by atoms with Crippen LogP contribution < -0.4 is 5.44 Å². The van der Waals surface area contributed by atoms with E-state index < -0.39 is 7.60 Å². The van der Waals surface area contributed by atoms with Crippen LogP contribution >= 0.6 is 7.60 Å². The van der Waals surface area contributed by atoms with Crippen molar-refractivity contribution in [3.05, 3.63) is 24.4 Å². The van der Waals surface area contributed by atoms with Crippen LogP contribution in [0, 0.1) is 0 Å². The van der Waals surface area contributed by atoms with E-state index >= 15 is 0 Å². The molecule has 0 atom stereocenters. The first-order chi connectivity index (χ1) is 7.73. The van der Waals surface area contributed by atoms with Crippen molar-refractivity contribution in [1.82, 2.24) is 4.98 Å². The van der Waals surface area contributed by atoms with Gasteiger partial charge in [0.15, 0.2) is 5.44 Å². The summed E-state index contributed by atoms with van der Waals surface area (Å²) in [7, 11) is -3.22. The molecule has 0 amide bonds. The summed E-state index contributed by atoms with van der Waals surface area (Å²) in [5, 5.41) is 0. The van der Waals surface area contributed by atoms with Crippen molar-refractivity contribution >= 4 is 13.0 Å². The van der Waals surface area contributed by atoms with E-state index in [1.807, 2.05) is 13.8 Å². The zero-order chi connectivity index (χ0) is 11.9. The molecule has 0 spiro atoms. The van der Waals surface area contributed by atoms with E-state index in [9.17, 15) is 4.57 Å². The lowest BCUT2D eigenvalue weighted by atomic mass is 10.5. The molecule has 0 aliphatic heterocycles. The Kier molecular flexibility index (Phi) is 5.67. The summed E-state index contributed by atoms with van der Waals surface area (Å²) in [5.41, 5.74) is 0.386. The highest BCUT2D eigenvalue weighted by Gasteiger charge is 2.28. The van der Waals surface area contributed by atoms with Gasteiger partial charge in [0.25, 0.3) is 0 Å². The fraction of sp³-hybridized carbons (Fsp3) is 0.545. The van der Waals surface area contributed by atoms with Crippen LogP contribution in [-0.4, -0.2) is 18.2 Å². The summed E-state index contributed by atoms with van der Waals surface area (Å²) >= 11 is 0. The van der Waals surface area contributed by atoms with E-state index in [0.29, 0.717) is 18.6 Å². The molecule has 4 nitrogen and oxygen atoms in total. The van der Waals surface area contributed by atoms with Crippen LogP contribution in [0.25, 0.3) is 0 Å². The average Bonchev–Trinajstić information content (AvgIpc) is 2.35. The molecule has 0 N–H and O–H groups in total. The summed E-state index contributed by atoms with van der Waals surface area (Å²) in [6.45, 7) is 4.75. The highest BCUT2D eigenvalue weighted by molar-refractivity contribution is 7.61. The summed E-state index contributed by atoms with van der Waals surface area (Å²) in [6, 6.07) is 5.22. The molecule has 5 heteroatoms. The first-order valence-electron chi connectivity index (χ1n) is 5.53. The van der Waals surface area contributed by atoms with Crippen molar-refractivity contribution in [2.45, 2.75) is 26.7 Å². The van der Waals surface area contributed by atoms with Gasteiger partial charge in [0.1, 0.15) is 0 Å². The van der Waals surface area contributed by atoms with Crippen LogP contribution in [-0.2, 0) is 13.6 Å². The third kappa shape index (κ3) is 3.71. The zero-order valence-corrected chi connectivity index (χ0v) is 10.7. The van der Waals surface area contributed by atoms with E-state index in [2.05, 4.69) is 4.98 Å². The molecule has 0 unspecified atom stereocenters. The fourth-order valence-electron chi connectivity index (χ4n) is 1.11. The Labute approximate surface area is 96.5 Å². The Morgan fingerprint density at radius 3 is 2.25 bits per heavy atom. The number of aromatic nitrogens is 1. The molecule has 90 valence electrons. The maximum atomic E-state index is 12.4. The van der Waals surface area contributed by atoms with Crippen LogP contribution in [0.15, 0.2) is 24.4 Å². The first-order valence-corrected chi connectivity index (χ1v) is 7.08. The lowest BCUT2D eigenvalue weighted by molar-refractivity contribution is 0.213. The van der Waals surface area contributed by atoms with E-state index in [0.717, 1.165) is 12.8 Å². The van der Waals surface area contributed by atoms with Gasteiger partial charge in [-0.1, -0.05) is 19.9 Å². The Morgan fingerprint density at radius 1 is 1.19 bits per heavy atom. The van der Waals surface area contributed by atoms with Crippen LogP contribution in [0.4, 0.5) is 0 Å². The smallest absolute Gasteiger partial charge is 0.304 e. The van der Waals surface area contributed by atoms with Gasteiger partial charge in [-0.05, 0) is 25.0 Å². The Hall–Kier alpha value is -0.700. The normalized spacial score (nSPS) is 11.6. The number of pyridine rings is 1. The molecule has 0 saturated carbocycles. The number of rotatable bonds is 7. The maximum Gasteiger partial charge on any atom is 0.379 e. The minimum absolute atomic E-state index is 0.386. The molecule has 0 saturated heterocycles. The van der Waals surface area contributed by atoms with Gasteiger partial charge in [0, 0.05) is 6.20 Å². The van der Waals surface area contributed by atoms with Crippen molar-refractivity contribution in [3.63, 3.8) is 0 Å².